The van der Waals surface area contributed by atoms with Crippen LogP contribution in [0.4, 0.5) is 0 Å². The zero-order chi connectivity index (χ0) is 18.2. The van der Waals surface area contributed by atoms with Gasteiger partial charge < -0.3 is 25.0 Å². The van der Waals surface area contributed by atoms with Gasteiger partial charge in [-0.15, -0.1) is 0 Å². The van der Waals surface area contributed by atoms with Gasteiger partial charge in [-0.05, 0) is 38.5 Å². The fourth-order valence-corrected chi connectivity index (χ4v) is 4.92. The van der Waals surface area contributed by atoms with E-state index in [-0.39, 0.29) is 12.5 Å². The molecule has 0 saturated carbocycles. The van der Waals surface area contributed by atoms with Crippen LogP contribution in [-0.4, -0.2) is 47.0 Å². The van der Waals surface area contributed by atoms with Crippen molar-refractivity contribution in [3.8, 4) is 0 Å². The molecule has 0 radical (unpaired) electrons. The van der Waals surface area contributed by atoms with Crippen LogP contribution < -0.4 is 10.0 Å². The second kappa shape index (κ2) is 10.5. The minimum absolute atomic E-state index is 0.104. The number of unbranched alkanes of at least 4 members (excludes halogenated alkanes) is 4. The topological polar surface area (TPSA) is 85.0 Å². The zero-order valence-corrected chi connectivity index (χ0v) is 15.8. The molecule has 2 aliphatic heterocycles. The molecule has 0 spiro atoms. The van der Waals surface area contributed by atoms with E-state index in [4.69, 9.17) is 0 Å². The molecule has 0 aliphatic carbocycles. The number of aliphatic carboxylic acids is 1. The molecule has 0 aromatic heterocycles. The van der Waals surface area contributed by atoms with Gasteiger partial charge in [0.05, 0.1) is 18.7 Å². The number of carboxylic acid groups (broad SMARTS) is 1. The van der Waals surface area contributed by atoms with Crippen LogP contribution in [0.5, 0.6) is 0 Å². The van der Waals surface area contributed by atoms with Crippen LogP contribution in [0.3, 0.4) is 0 Å². The first-order valence-corrected chi connectivity index (χ1v) is 10.4. The first kappa shape index (κ1) is 20.7. The smallest absolute Gasteiger partial charge is 0.111 e. The Balaban J connectivity index is 1.50. The SMILES string of the molecule is C[C@H]1[C@H](O)CC[C@H]2C[C@H](CCCCCCC[C@@H](O)CC(=O)[O-])CC[NH+]21. The molecule has 1 unspecified atom stereocenters. The van der Waals surface area contributed by atoms with Gasteiger partial charge in [-0.1, -0.05) is 32.1 Å². The van der Waals surface area contributed by atoms with Gasteiger partial charge >= 0.3 is 0 Å². The summed E-state index contributed by atoms with van der Waals surface area (Å²) in [5, 5.41) is 29.9. The number of hydrogen-bond acceptors (Lipinski definition) is 4. The largest absolute Gasteiger partial charge is 0.550 e. The lowest BCUT2D eigenvalue weighted by Crippen LogP contribution is -3.22. The third-order valence-corrected chi connectivity index (χ3v) is 6.51. The molecule has 5 nitrogen and oxygen atoms in total. The van der Waals surface area contributed by atoms with Crippen molar-refractivity contribution in [1.29, 1.82) is 0 Å². The first-order chi connectivity index (χ1) is 12.0. The van der Waals surface area contributed by atoms with Gasteiger partial charge in [0.1, 0.15) is 12.1 Å². The summed E-state index contributed by atoms with van der Waals surface area (Å²) in [5.41, 5.74) is 0. The lowest BCUT2D eigenvalue weighted by molar-refractivity contribution is -0.962. The number of quaternary nitrogens is 1. The van der Waals surface area contributed by atoms with Crippen molar-refractivity contribution in [3.63, 3.8) is 0 Å². The summed E-state index contributed by atoms with van der Waals surface area (Å²) >= 11 is 0. The van der Waals surface area contributed by atoms with Gasteiger partial charge in [-0.2, -0.15) is 0 Å². The van der Waals surface area contributed by atoms with Gasteiger partial charge in [0.15, 0.2) is 0 Å². The van der Waals surface area contributed by atoms with Crippen molar-refractivity contribution < 1.29 is 25.0 Å². The van der Waals surface area contributed by atoms with Crippen molar-refractivity contribution in [3.05, 3.63) is 0 Å². The zero-order valence-electron chi connectivity index (χ0n) is 15.8. The molecule has 0 amide bonds. The van der Waals surface area contributed by atoms with Crippen molar-refractivity contribution >= 4 is 5.97 Å². The Bertz CT molecular complexity index is 403. The third-order valence-electron chi connectivity index (χ3n) is 6.51. The van der Waals surface area contributed by atoms with Gasteiger partial charge in [-0.3, -0.25) is 0 Å². The Morgan fingerprint density at radius 3 is 2.64 bits per heavy atom. The van der Waals surface area contributed by atoms with Crippen molar-refractivity contribution in [2.75, 3.05) is 6.54 Å². The van der Waals surface area contributed by atoms with Crippen LogP contribution in [0.25, 0.3) is 0 Å². The molecule has 146 valence electrons. The van der Waals surface area contributed by atoms with Crippen molar-refractivity contribution in [1.82, 2.24) is 0 Å². The summed E-state index contributed by atoms with van der Waals surface area (Å²) in [6.45, 7) is 3.43. The van der Waals surface area contributed by atoms with E-state index in [1.165, 1.54) is 51.5 Å². The summed E-state index contributed by atoms with van der Waals surface area (Å²) in [7, 11) is 0. The van der Waals surface area contributed by atoms with E-state index < -0.39 is 12.1 Å². The Morgan fingerprint density at radius 2 is 1.88 bits per heavy atom. The number of aliphatic hydroxyl groups excluding tert-OH is 2. The summed E-state index contributed by atoms with van der Waals surface area (Å²) in [4.78, 5) is 12.0. The molecule has 0 bridgehead atoms. The molecule has 2 fully saturated rings. The molecule has 3 N–H and O–H groups in total. The van der Waals surface area contributed by atoms with E-state index >= 15 is 0 Å². The number of piperidine rings is 2. The average Bonchev–Trinajstić information content (AvgIpc) is 2.56. The summed E-state index contributed by atoms with van der Waals surface area (Å²) in [5.74, 6) is -0.302. The van der Waals surface area contributed by atoms with E-state index in [2.05, 4.69) is 6.92 Å². The molecule has 25 heavy (non-hydrogen) atoms. The highest BCUT2D eigenvalue weighted by Crippen LogP contribution is 2.25. The fraction of sp³-hybridized carbons (Fsp3) is 0.950. The number of fused-ring (bicyclic) bond motifs is 1. The predicted octanol–water partition coefficient (Wildman–Crippen LogP) is 0.425. The molecule has 2 rings (SSSR count). The molecular weight excluding hydrogens is 318 g/mol. The van der Waals surface area contributed by atoms with E-state index in [1.807, 2.05) is 0 Å². The summed E-state index contributed by atoms with van der Waals surface area (Å²) < 4.78 is 0. The second-order valence-corrected chi connectivity index (χ2v) is 8.42. The van der Waals surface area contributed by atoms with Crippen molar-refractivity contribution in [2.24, 2.45) is 5.92 Å². The molecule has 6 atom stereocenters. The molecule has 2 heterocycles. The van der Waals surface area contributed by atoms with Crippen molar-refractivity contribution in [2.45, 2.75) is 108 Å². The number of carboxylic acids is 1. The lowest BCUT2D eigenvalue weighted by atomic mass is 9.81. The van der Waals surface area contributed by atoms with Crippen LogP contribution in [0.15, 0.2) is 0 Å². The third kappa shape index (κ3) is 6.87. The Hall–Kier alpha value is -0.650. The molecular formula is C20H37NO4. The quantitative estimate of drug-likeness (QED) is 0.496. The number of nitrogens with one attached hydrogen (secondary N) is 1. The Kier molecular flexibility index (Phi) is 8.67. The number of rotatable bonds is 10. The Labute approximate surface area is 152 Å². The van der Waals surface area contributed by atoms with Gasteiger partial charge in [-0.25, -0.2) is 0 Å². The van der Waals surface area contributed by atoms with E-state index in [1.54, 1.807) is 4.90 Å². The molecule has 0 aromatic carbocycles. The predicted molar refractivity (Wildman–Crippen MR) is 95.0 cm³/mol. The van der Waals surface area contributed by atoms with E-state index in [0.29, 0.717) is 12.5 Å². The van der Waals surface area contributed by atoms with Crippen LogP contribution >= 0.6 is 0 Å². The second-order valence-electron chi connectivity index (χ2n) is 8.42. The molecule has 0 aromatic rings. The summed E-state index contributed by atoms with van der Waals surface area (Å²) in [6.07, 6.45) is 11.3. The average molecular weight is 356 g/mol. The monoisotopic (exact) mass is 355 g/mol. The molecule has 2 saturated heterocycles. The maximum Gasteiger partial charge on any atom is 0.111 e. The minimum atomic E-state index is -1.16. The van der Waals surface area contributed by atoms with Crippen LogP contribution in [0.2, 0.25) is 0 Å². The lowest BCUT2D eigenvalue weighted by Gasteiger charge is -2.45. The van der Waals surface area contributed by atoms with Crippen LogP contribution in [-0.2, 0) is 4.79 Å². The maximum absolute atomic E-state index is 10.4. The van der Waals surface area contributed by atoms with Gasteiger partial charge in [0.25, 0.3) is 0 Å². The number of carbonyl (C=O) groups is 1. The van der Waals surface area contributed by atoms with E-state index in [9.17, 15) is 20.1 Å². The fourth-order valence-electron chi connectivity index (χ4n) is 4.92. The van der Waals surface area contributed by atoms with Crippen LogP contribution in [0.1, 0.15) is 84.0 Å². The summed E-state index contributed by atoms with van der Waals surface area (Å²) in [6, 6.07) is 1.18. The standard InChI is InChI=1S/C20H37NO4/c1-15-19(23)10-9-17-13-16(11-12-21(15)17)7-5-3-2-4-6-8-18(22)14-20(24)25/h15-19,22-23H,2-14H2,1H3,(H,24,25)/t15-,16+,17-,18+,19+/m0/s1. The Morgan fingerprint density at radius 1 is 1.16 bits per heavy atom. The maximum atomic E-state index is 10.4. The van der Waals surface area contributed by atoms with Gasteiger partial charge in [0, 0.05) is 25.2 Å². The molecule has 2 aliphatic rings. The minimum Gasteiger partial charge on any atom is -0.550 e. The number of hydrogen-bond donors (Lipinski definition) is 3. The highest BCUT2D eigenvalue weighted by molar-refractivity contribution is 5.64. The number of aliphatic hydroxyl groups is 2. The molecule has 5 heteroatoms. The van der Waals surface area contributed by atoms with Gasteiger partial charge in [0.2, 0.25) is 0 Å². The highest BCUT2D eigenvalue weighted by Gasteiger charge is 2.40. The first-order valence-electron chi connectivity index (χ1n) is 10.4. The van der Waals surface area contributed by atoms with E-state index in [0.717, 1.165) is 31.2 Å². The number of carbonyl (C=O) groups excluding carboxylic acids is 1. The normalized spacial score (nSPS) is 33.6. The van der Waals surface area contributed by atoms with Crippen LogP contribution in [0, 0.1) is 5.92 Å². The highest BCUT2D eigenvalue weighted by atomic mass is 16.4.